The van der Waals surface area contributed by atoms with E-state index >= 15 is 0 Å². The molecule has 2 aliphatic heterocycles. The number of carbonyl (C=O) groups is 2. The van der Waals surface area contributed by atoms with Gasteiger partial charge in [-0.1, -0.05) is 13.3 Å². The number of unbranched alkanes of at least 4 members (excludes halogenated alkanes) is 1. The van der Waals surface area contributed by atoms with Crippen LogP contribution in [0.1, 0.15) is 80.0 Å². The highest BCUT2D eigenvalue weighted by molar-refractivity contribution is 5.94. The minimum absolute atomic E-state index is 0.0753. The van der Waals surface area contributed by atoms with Gasteiger partial charge in [-0.25, -0.2) is 0 Å². The van der Waals surface area contributed by atoms with E-state index in [9.17, 15) is 9.59 Å². The molecule has 4 rings (SSSR count). The van der Waals surface area contributed by atoms with E-state index in [4.69, 9.17) is 0 Å². The number of aromatic nitrogens is 2. The fourth-order valence-electron chi connectivity index (χ4n) is 5.18. The topological polar surface area (TPSA) is 69.3 Å². The Morgan fingerprint density at radius 3 is 2.85 bits per heavy atom. The number of carbonyl (C=O) groups excluding carboxylic acids is 2. The standard InChI is InChI=1S/C21H32N4O2/c1-2-3-12-24-14-21(11-9-18(24)26)10-6-13-25(15-21)20(27)19-16-7-4-5-8-17(16)22-23-19/h2-15H2,1H3,(H,22,23)/t21-/m0/s1. The highest BCUT2D eigenvalue weighted by atomic mass is 16.2. The van der Waals surface area contributed by atoms with Crippen LogP contribution in [0, 0.1) is 5.41 Å². The lowest BCUT2D eigenvalue weighted by Crippen LogP contribution is -2.55. The number of piperidine rings is 2. The number of aromatic amines is 1. The van der Waals surface area contributed by atoms with Crippen molar-refractivity contribution in [1.82, 2.24) is 20.0 Å². The van der Waals surface area contributed by atoms with Crippen LogP contribution in [-0.4, -0.2) is 58.0 Å². The summed E-state index contributed by atoms with van der Waals surface area (Å²) in [4.78, 5) is 29.6. The van der Waals surface area contributed by atoms with Gasteiger partial charge in [-0.3, -0.25) is 14.7 Å². The smallest absolute Gasteiger partial charge is 0.274 e. The highest BCUT2D eigenvalue weighted by Gasteiger charge is 2.43. The summed E-state index contributed by atoms with van der Waals surface area (Å²) in [5.74, 6) is 0.379. The van der Waals surface area contributed by atoms with Crippen molar-refractivity contribution in [3.05, 3.63) is 17.0 Å². The Hall–Kier alpha value is -1.85. The van der Waals surface area contributed by atoms with Crippen molar-refractivity contribution in [3.8, 4) is 0 Å². The number of hydrogen-bond acceptors (Lipinski definition) is 3. The first-order valence-corrected chi connectivity index (χ1v) is 10.7. The van der Waals surface area contributed by atoms with Crippen LogP contribution in [0.5, 0.6) is 0 Å². The van der Waals surface area contributed by atoms with E-state index in [2.05, 4.69) is 22.0 Å². The Bertz CT molecular complexity index is 713. The summed E-state index contributed by atoms with van der Waals surface area (Å²) in [7, 11) is 0. The Kier molecular flexibility index (Phi) is 5.24. The molecule has 2 saturated heterocycles. The SMILES string of the molecule is CCCCN1C[C@]2(CCCN(C(=O)c3n[nH]c4c3CCCC4)C2)CCC1=O. The Labute approximate surface area is 161 Å². The number of aryl methyl sites for hydroxylation is 1. The predicted octanol–water partition coefficient (Wildman–Crippen LogP) is 2.93. The molecular weight excluding hydrogens is 340 g/mol. The lowest BCUT2D eigenvalue weighted by Gasteiger charge is -2.48. The second-order valence-electron chi connectivity index (χ2n) is 8.74. The lowest BCUT2D eigenvalue weighted by molar-refractivity contribution is -0.139. The molecule has 1 aromatic heterocycles. The van der Waals surface area contributed by atoms with E-state index in [1.165, 1.54) is 6.42 Å². The molecule has 1 N–H and O–H groups in total. The summed E-state index contributed by atoms with van der Waals surface area (Å²) >= 11 is 0. The fraction of sp³-hybridized carbons (Fsp3) is 0.762. The van der Waals surface area contributed by atoms with Crippen molar-refractivity contribution in [2.24, 2.45) is 5.41 Å². The minimum atomic E-state index is 0.0753. The Morgan fingerprint density at radius 1 is 1.15 bits per heavy atom. The van der Waals surface area contributed by atoms with Crippen LogP contribution in [0.3, 0.4) is 0 Å². The molecule has 27 heavy (non-hydrogen) atoms. The maximum Gasteiger partial charge on any atom is 0.274 e. The van der Waals surface area contributed by atoms with Gasteiger partial charge in [0.25, 0.3) is 5.91 Å². The van der Waals surface area contributed by atoms with Crippen LogP contribution in [0.15, 0.2) is 0 Å². The van der Waals surface area contributed by atoms with Crippen LogP contribution < -0.4 is 0 Å². The third-order valence-electron chi connectivity index (χ3n) is 6.74. The van der Waals surface area contributed by atoms with Gasteiger partial charge in [-0.15, -0.1) is 0 Å². The molecule has 148 valence electrons. The Morgan fingerprint density at radius 2 is 2.00 bits per heavy atom. The summed E-state index contributed by atoms with van der Waals surface area (Å²) in [6.07, 6.45) is 10.1. The minimum Gasteiger partial charge on any atom is -0.342 e. The van der Waals surface area contributed by atoms with Crippen molar-refractivity contribution in [2.75, 3.05) is 26.2 Å². The van der Waals surface area contributed by atoms with Gasteiger partial charge in [0.05, 0.1) is 0 Å². The molecule has 2 fully saturated rings. The van der Waals surface area contributed by atoms with E-state index in [1.54, 1.807) is 0 Å². The van der Waals surface area contributed by atoms with Crippen molar-refractivity contribution >= 4 is 11.8 Å². The molecule has 0 unspecified atom stereocenters. The van der Waals surface area contributed by atoms with E-state index in [0.29, 0.717) is 18.0 Å². The van der Waals surface area contributed by atoms with E-state index in [1.807, 2.05) is 4.90 Å². The third-order valence-corrected chi connectivity index (χ3v) is 6.74. The quantitative estimate of drug-likeness (QED) is 0.883. The zero-order chi connectivity index (χ0) is 18.9. The molecular formula is C21H32N4O2. The first kappa shape index (κ1) is 18.5. The van der Waals surface area contributed by atoms with Gasteiger partial charge in [0.1, 0.15) is 0 Å². The van der Waals surface area contributed by atoms with Crippen LogP contribution in [0.25, 0.3) is 0 Å². The molecule has 0 saturated carbocycles. The monoisotopic (exact) mass is 372 g/mol. The predicted molar refractivity (Wildman–Crippen MR) is 104 cm³/mol. The fourth-order valence-corrected chi connectivity index (χ4v) is 5.18. The van der Waals surface area contributed by atoms with Gasteiger partial charge in [0.15, 0.2) is 5.69 Å². The third kappa shape index (κ3) is 3.63. The maximum absolute atomic E-state index is 13.2. The molecule has 6 nitrogen and oxygen atoms in total. The summed E-state index contributed by atoms with van der Waals surface area (Å²) in [5, 5.41) is 7.50. The van der Waals surface area contributed by atoms with Gasteiger partial charge in [0, 0.05) is 49.3 Å². The van der Waals surface area contributed by atoms with Crippen molar-refractivity contribution < 1.29 is 9.59 Å². The molecule has 0 aromatic carbocycles. The van der Waals surface area contributed by atoms with E-state index in [0.717, 1.165) is 88.8 Å². The molecule has 1 atom stereocenters. The Balaban J connectivity index is 1.48. The summed E-state index contributed by atoms with van der Waals surface area (Å²) in [5.41, 5.74) is 3.03. The molecule has 6 heteroatoms. The number of nitrogens with zero attached hydrogens (tertiary/aromatic N) is 3. The number of H-pyrrole nitrogens is 1. The lowest BCUT2D eigenvalue weighted by atomic mass is 9.73. The molecule has 3 aliphatic rings. The van der Waals surface area contributed by atoms with Gasteiger partial charge in [-0.05, 0) is 51.4 Å². The van der Waals surface area contributed by atoms with Gasteiger partial charge < -0.3 is 9.80 Å². The first-order valence-electron chi connectivity index (χ1n) is 10.7. The van der Waals surface area contributed by atoms with Gasteiger partial charge in [0.2, 0.25) is 5.91 Å². The van der Waals surface area contributed by atoms with Crippen LogP contribution >= 0.6 is 0 Å². The molecule has 2 amide bonds. The first-order chi connectivity index (χ1) is 13.1. The average Bonchev–Trinajstić information content (AvgIpc) is 3.12. The molecule has 1 aromatic rings. The number of amides is 2. The molecule has 3 heterocycles. The number of hydrogen-bond donors (Lipinski definition) is 1. The van der Waals surface area contributed by atoms with Gasteiger partial charge >= 0.3 is 0 Å². The summed E-state index contributed by atoms with van der Waals surface area (Å²) < 4.78 is 0. The van der Waals surface area contributed by atoms with Crippen molar-refractivity contribution in [1.29, 1.82) is 0 Å². The number of fused-ring (bicyclic) bond motifs is 1. The molecule has 0 radical (unpaired) electrons. The highest BCUT2D eigenvalue weighted by Crippen LogP contribution is 2.39. The summed E-state index contributed by atoms with van der Waals surface area (Å²) in [6, 6.07) is 0. The van der Waals surface area contributed by atoms with Crippen molar-refractivity contribution in [2.45, 2.75) is 71.1 Å². The average molecular weight is 373 g/mol. The number of likely N-dealkylation sites (tertiary alicyclic amines) is 2. The maximum atomic E-state index is 13.2. The summed E-state index contributed by atoms with van der Waals surface area (Å²) in [6.45, 7) is 5.41. The zero-order valence-electron chi connectivity index (χ0n) is 16.6. The van der Waals surface area contributed by atoms with Crippen molar-refractivity contribution in [3.63, 3.8) is 0 Å². The molecule has 1 aliphatic carbocycles. The molecule has 0 bridgehead atoms. The van der Waals surface area contributed by atoms with Crippen LogP contribution in [0.4, 0.5) is 0 Å². The molecule has 1 spiro atoms. The second-order valence-corrected chi connectivity index (χ2v) is 8.74. The van der Waals surface area contributed by atoms with Gasteiger partial charge in [-0.2, -0.15) is 5.10 Å². The van der Waals surface area contributed by atoms with E-state index in [-0.39, 0.29) is 11.3 Å². The number of rotatable bonds is 4. The largest absolute Gasteiger partial charge is 0.342 e. The number of nitrogens with one attached hydrogen (secondary N) is 1. The zero-order valence-corrected chi connectivity index (χ0v) is 16.6. The normalized spacial score (nSPS) is 25.7. The van der Waals surface area contributed by atoms with Crippen LogP contribution in [0.2, 0.25) is 0 Å². The van der Waals surface area contributed by atoms with Crippen LogP contribution in [-0.2, 0) is 17.6 Å². The second kappa shape index (κ2) is 7.64. The van der Waals surface area contributed by atoms with E-state index < -0.39 is 0 Å².